The average Bonchev–Trinajstić information content (AvgIpc) is 3.05. The van der Waals surface area contributed by atoms with E-state index >= 15 is 0 Å². The lowest BCUT2D eigenvalue weighted by atomic mass is 10.1. The van der Waals surface area contributed by atoms with Gasteiger partial charge >= 0.3 is 5.97 Å². The zero-order valence-electron chi connectivity index (χ0n) is 16.0. The first-order chi connectivity index (χ1) is 13.8. The van der Waals surface area contributed by atoms with Crippen LogP contribution in [0.2, 0.25) is 0 Å². The van der Waals surface area contributed by atoms with Crippen LogP contribution in [0.1, 0.15) is 29.3 Å². The molecule has 1 saturated heterocycles. The number of hydrogen-bond acceptors (Lipinski definition) is 6. The lowest BCUT2D eigenvalue weighted by molar-refractivity contribution is -0.129. The fourth-order valence-corrected chi connectivity index (χ4v) is 4.60. The minimum Gasteiger partial charge on any atom is -0.489 e. The van der Waals surface area contributed by atoms with Gasteiger partial charge in [0.05, 0.1) is 17.1 Å². The molecule has 3 rings (SSSR count). The van der Waals surface area contributed by atoms with Crippen molar-refractivity contribution in [2.24, 2.45) is 0 Å². The molecule has 0 aromatic heterocycles. The number of benzene rings is 2. The van der Waals surface area contributed by atoms with Crippen molar-refractivity contribution in [3.05, 3.63) is 65.7 Å². The summed E-state index contributed by atoms with van der Waals surface area (Å²) in [4.78, 5) is 24.4. The van der Waals surface area contributed by atoms with Gasteiger partial charge in [0.15, 0.2) is 15.9 Å². The summed E-state index contributed by atoms with van der Waals surface area (Å²) in [5.74, 6) is -0.389. The summed E-state index contributed by atoms with van der Waals surface area (Å²) in [5.41, 5.74) is 1.20. The van der Waals surface area contributed by atoms with E-state index in [1.807, 2.05) is 30.3 Å². The Labute approximate surface area is 169 Å². The Morgan fingerprint density at radius 3 is 2.41 bits per heavy atom. The Morgan fingerprint density at radius 1 is 1.10 bits per heavy atom. The predicted octanol–water partition coefficient (Wildman–Crippen LogP) is 2.11. The lowest BCUT2D eigenvalue weighted by Gasteiger charge is -2.16. The third kappa shape index (κ3) is 6.05. The van der Waals surface area contributed by atoms with E-state index in [0.29, 0.717) is 18.6 Å². The number of carbonyl (C=O) groups excluding carboxylic acids is 2. The standard InChI is InChI=1S/C21H23NO6S/c1-15(20(23)22-18-11-12-29(25,26)14-18)28-21(24)17-9-7-16(8-10-17)13-27-19-5-3-2-4-6-19/h2-10,15,18H,11-14H2,1H3,(H,22,23)/t15-,18-/m1/s1. The number of carbonyl (C=O) groups is 2. The second kappa shape index (κ2) is 9.09. The number of amides is 1. The van der Waals surface area contributed by atoms with Crippen LogP contribution in [0.5, 0.6) is 5.75 Å². The molecule has 2 atom stereocenters. The Balaban J connectivity index is 1.48. The van der Waals surface area contributed by atoms with Crippen LogP contribution < -0.4 is 10.1 Å². The maximum Gasteiger partial charge on any atom is 0.338 e. The van der Waals surface area contributed by atoms with Gasteiger partial charge in [-0.2, -0.15) is 0 Å². The van der Waals surface area contributed by atoms with Crippen molar-refractivity contribution in [1.29, 1.82) is 0 Å². The van der Waals surface area contributed by atoms with Gasteiger partial charge in [-0.15, -0.1) is 0 Å². The molecule has 1 N–H and O–H groups in total. The number of hydrogen-bond donors (Lipinski definition) is 1. The fraction of sp³-hybridized carbons (Fsp3) is 0.333. The van der Waals surface area contributed by atoms with Gasteiger partial charge in [-0.1, -0.05) is 30.3 Å². The van der Waals surface area contributed by atoms with Gasteiger partial charge < -0.3 is 14.8 Å². The molecule has 0 saturated carbocycles. The van der Waals surface area contributed by atoms with E-state index < -0.39 is 33.9 Å². The summed E-state index contributed by atoms with van der Waals surface area (Å²) < 4.78 is 33.8. The molecule has 2 aromatic carbocycles. The first kappa shape index (κ1) is 20.9. The highest BCUT2D eigenvalue weighted by molar-refractivity contribution is 7.91. The highest BCUT2D eigenvalue weighted by Gasteiger charge is 2.30. The Morgan fingerprint density at radius 2 is 1.79 bits per heavy atom. The SMILES string of the molecule is C[C@@H](OC(=O)c1ccc(COc2ccccc2)cc1)C(=O)N[C@@H]1CCS(=O)(=O)C1. The Hall–Kier alpha value is -2.87. The molecule has 2 aromatic rings. The van der Waals surface area contributed by atoms with E-state index in [-0.39, 0.29) is 11.5 Å². The van der Waals surface area contributed by atoms with Gasteiger partial charge in [-0.25, -0.2) is 13.2 Å². The Bertz CT molecular complexity index is 956. The predicted molar refractivity (Wildman–Crippen MR) is 107 cm³/mol. The van der Waals surface area contributed by atoms with Gasteiger partial charge in [0.2, 0.25) is 0 Å². The van der Waals surface area contributed by atoms with Crippen LogP contribution in [-0.4, -0.2) is 43.9 Å². The molecular formula is C21H23NO6S. The highest BCUT2D eigenvalue weighted by atomic mass is 32.2. The maximum atomic E-state index is 12.3. The zero-order chi connectivity index (χ0) is 20.9. The molecule has 0 unspecified atom stereocenters. The van der Waals surface area contributed by atoms with Crippen LogP contribution in [0, 0.1) is 0 Å². The van der Waals surface area contributed by atoms with Crippen LogP contribution in [0.4, 0.5) is 0 Å². The minimum absolute atomic E-state index is 0.0620. The molecule has 29 heavy (non-hydrogen) atoms. The number of ether oxygens (including phenoxy) is 2. The number of sulfone groups is 1. The molecule has 1 heterocycles. The van der Waals surface area contributed by atoms with E-state index in [9.17, 15) is 18.0 Å². The van der Waals surface area contributed by atoms with Crippen LogP contribution in [0.15, 0.2) is 54.6 Å². The molecule has 1 amide bonds. The molecular weight excluding hydrogens is 394 g/mol. The van der Waals surface area contributed by atoms with Crippen molar-refractivity contribution in [2.75, 3.05) is 11.5 Å². The highest BCUT2D eigenvalue weighted by Crippen LogP contribution is 2.14. The van der Waals surface area contributed by atoms with Crippen molar-refractivity contribution in [3.63, 3.8) is 0 Å². The molecule has 0 bridgehead atoms. The van der Waals surface area contributed by atoms with Crippen molar-refractivity contribution >= 4 is 21.7 Å². The first-order valence-electron chi connectivity index (χ1n) is 9.31. The molecule has 1 aliphatic rings. The molecule has 7 nitrogen and oxygen atoms in total. The Kier molecular flexibility index (Phi) is 6.53. The normalized spacial score (nSPS) is 18.6. The van der Waals surface area contributed by atoms with Crippen LogP contribution in [0.3, 0.4) is 0 Å². The summed E-state index contributed by atoms with van der Waals surface area (Å²) in [6.07, 6.45) is -0.645. The topological polar surface area (TPSA) is 98.8 Å². The molecule has 8 heteroatoms. The quantitative estimate of drug-likeness (QED) is 0.693. The number of para-hydroxylation sites is 1. The maximum absolute atomic E-state index is 12.3. The molecule has 1 fully saturated rings. The van der Waals surface area contributed by atoms with Crippen molar-refractivity contribution in [3.8, 4) is 5.75 Å². The zero-order valence-corrected chi connectivity index (χ0v) is 16.9. The van der Waals surface area contributed by atoms with Crippen LogP contribution >= 0.6 is 0 Å². The van der Waals surface area contributed by atoms with E-state index in [1.165, 1.54) is 6.92 Å². The molecule has 0 aliphatic carbocycles. The third-order valence-corrected chi connectivity index (χ3v) is 6.34. The van der Waals surface area contributed by atoms with E-state index in [1.54, 1.807) is 24.3 Å². The van der Waals surface area contributed by atoms with Crippen LogP contribution in [0.25, 0.3) is 0 Å². The van der Waals surface area contributed by atoms with Crippen LogP contribution in [-0.2, 0) is 26.0 Å². The van der Waals surface area contributed by atoms with E-state index in [2.05, 4.69) is 5.32 Å². The first-order valence-corrected chi connectivity index (χ1v) is 11.1. The van der Waals surface area contributed by atoms with Gasteiger partial charge in [0.25, 0.3) is 5.91 Å². The molecule has 0 radical (unpaired) electrons. The summed E-state index contributed by atoms with van der Waals surface area (Å²) in [6, 6.07) is 15.7. The van der Waals surface area contributed by atoms with Crippen molar-refractivity contribution < 1.29 is 27.5 Å². The molecule has 0 spiro atoms. The van der Waals surface area contributed by atoms with Gasteiger partial charge in [-0.05, 0) is 43.2 Å². The number of nitrogens with one attached hydrogen (secondary N) is 1. The smallest absolute Gasteiger partial charge is 0.338 e. The molecule has 1 aliphatic heterocycles. The van der Waals surface area contributed by atoms with E-state index in [4.69, 9.17) is 9.47 Å². The summed E-state index contributed by atoms with van der Waals surface area (Å²) in [7, 11) is -3.09. The second-order valence-electron chi connectivity index (χ2n) is 6.95. The monoisotopic (exact) mass is 417 g/mol. The largest absolute Gasteiger partial charge is 0.489 e. The van der Waals surface area contributed by atoms with Crippen molar-refractivity contribution in [2.45, 2.75) is 32.1 Å². The van der Waals surface area contributed by atoms with Gasteiger partial charge in [-0.3, -0.25) is 4.79 Å². The van der Waals surface area contributed by atoms with Gasteiger partial charge in [0.1, 0.15) is 12.4 Å². The second-order valence-corrected chi connectivity index (χ2v) is 9.18. The van der Waals surface area contributed by atoms with E-state index in [0.717, 1.165) is 11.3 Å². The number of esters is 1. The number of rotatable bonds is 7. The lowest BCUT2D eigenvalue weighted by Crippen LogP contribution is -2.42. The minimum atomic E-state index is -3.09. The third-order valence-electron chi connectivity index (χ3n) is 4.57. The van der Waals surface area contributed by atoms with Gasteiger partial charge in [0, 0.05) is 6.04 Å². The summed E-state index contributed by atoms with van der Waals surface area (Å²) >= 11 is 0. The van der Waals surface area contributed by atoms with Crippen molar-refractivity contribution in [1.82, 2.24) is 5.32 Å². The fourth-order valence-electron chi connectivity index (χ4n) is 2.93. The average molecular weight is 417 g/mol. The summed E-state index contributed by atoms with van der Waals surface area (Å²) in [5, 5.41) is 2.62. The summed E-state index contributed by atoms with van der Waals surface area (Å²) in [6.45, 7) is 1.82. The molecule has 154 valence electrons.